The van der Waals surface area contributed by atoms with Crippen LogP contribution in [0.3, 0.4) is 0 Å². The third-order valence-electron chi connectivity index (χ3n) is 5.49. The maximum Gasteiger partial charge on any atom is 0.306 e. The average molecular weight is 422 g/mol. The highest BCUT2D eigenvalue weighted by Gasteiger charge is 2.15. The Morgan fingerprint density at radius 1 is 1.19 bits per heavy atom. The van der Waals surface area contributed by atoms with Gasteiger partial charge in [0.25, 0.3) is 11.5 Å². The molecule has 0 unspecified atom stereocenters. The van der Waals surface area contributed by atoms with Gasteiger partial charge in [0.05, 0.1) is 0 Å². The van der Waals surface area contributed by atoms with Crippen LogP contribution in [0.4, 0.5) is 11.4 Å². The normalized spacial score (nSPS) is 13.0. The first kappa shape index (κ1) is 22.1. The SMILES string of the molecule is Cc1[nH]c(=O)c(C#N)c(C)c1CCC(=O)OCC(=O)Nc1ccc(N2CCCC2)cc1. The number of aromatic nitrogens is 1. The number of aryl methyl sites for hydroxylation is 1. The van der Waals surface area contributed by atoms with Gasteiger partial charge in [-0.25, -0.2) is 0 Å². The maximum atomic E-state index is 12.1. The zero-order valence-corrected chi connectivity index (χ0v) is 17.8. The molecule has 8 heteroatoms. The standard InChI is InChI=1S/C23H26N4O4/c1-15-19(16(2)25-23(30)20(15)13-24)9-10-22(29)31-14-21(28)26-17-5-7-18(8-6-17)27-11-3-4-12-27/h5-8H,3-4,9-12,14H2,1-2H3,(H,25,30)(H,26,28). The summed E-state index contributed by atoms with van der Waals surface area (Å²) in [5, 5.41) is 11.8. The topological polar surface area (TPSA) is 115 Å². The third kappa shape index (κ3) is 5.51. The number of nitrogens with zero attached hydrogens (tertiary/aromatic N) is 2. The van der Waals surface area contributed by atoms with Crippen LogP contribution in [0, 0.1) is 25.2 Å². The number of esters is 1. The van der Waals surface area contributed by atoms with Crippen LogP contribution in [0.1, 0.15) is 41.6 Å². The van der Waals surface area contributed by atoms with Crippen LogP contribution in [-0.4, -0.2) is 36.6 Å². The Morgan fingerprint density at radius 3 is 2.52 bits per heavy atom. The minimum Gasteiger partial charge on any atom is -0.456 e. The summed E-state index contributed by atoms with van der Waals surface area (Å²) >= 11 is 0. The van der Waals surface area contributed by atoms with Crippen molar-refractivity contribution in [1.82, 2.24) is 4.98 Å². The molecule has 1 aliphatic rings. The first-order valence-electron chi connectivity index (χ1n) is 10.3. The number of carbonyl (C=O) groups excluding carboxylic acids is 2. The molecule has 0 radical (unpaired) electrons. The zero-order chi connectivity index (χ0) is 22.4. The van der Waals surface area contributed by atoms with Crippen molar-refractivity contribution >= 4 is 23.3 Å². The molecular weight excluding hydrogens is 396 g/mol. The smallest absolute Gasteiger partial charge is 0.306 e. The Kier molecular flexibility index (Phi) is 7.08. The highest BCUT2D eigenvalue weighted by molar-refractivity contribution is 5.93. The zero-order valence-electron chi connectivity index (χ0n) is 17.8. The van der Waals surface area contributed by atoms with Gasteiger partial charge >= 0.3 is 5.97 Å². The van der Waals surface area contributed by atoms with Gasteiger partial charge in [-0.2, -0.15) is 5.26 Å². The van der Waals surface area contributed by atoms with E-state index in [0.717, 1.165) is 24.3 Å². The van der Waals surface area contributed by atoms with Crippen LogP contribution in [-0.2, 0) is 20.7 Å². The predicted octanol–water partition coefficient (Wildman–Crippen LogP) is 2.58. The summed E-state index contributed by atoms with van der Waals surface area (Å²) in [6.07, 6.45) is 2.74. The van der Waals surface area contributed by atoms with E-state index in [4.69, 9.17) is 10.00 Å². The Labute approximate surface area is 180 Å². The maximum absolute atomic E-state index is 12.1. The van der Waals surface area contributed by atoms with E-state index < -0.39 is 17.4 Å². The number of hydrogen-bond donors (Lipinski definition) is 2. The largest absolute Gasteiger partial charge is 0.456 e. The van der Waals surface area contributed by atoms with Crippen LogP contribution in [0.25, 0.3) is 0 Å². The summed E-state index contributed by atoms with van der Waals surface area (Å²) in [6.45, 7) is 5.14. The molecule has 1 aromatic heterocycles. The molecule has 1 aromatic carbocycles. The van der Waals surface area contributed by atoms with E-state index in [2.05, 4.69) is 15.2 Å². The van der Waals surface area contributed by atoms with E-state index in [1.54, 1.807) is 13.8 Å². The molecule has 162 valence electrons. The number of carbonyl (C=O) groups is 2. The average Bonchev–Trinajstić information content (AvgIpc) is 3.27. The van der Waals surface area contributed by atoms with Gasteiger partial charge in [0.2, 0.25) is 0 Å². The Bertz CT molecular complexity index is 1060. The lowest BCUT2D eigenvalue weighted by atomic mass is 9.99. The number of rotatable bonds is 7. The first-order chi connectivity index (χ1) is 14.9. The van der Waals surface area contributed by atoms with Crippen molar-refractivity contribution < 1.29 is 14.3 Å². The molecule has 0 atom stereocenters. The molecule has 0 saturated carbocycles. The number of anilines is 2. The van der Waals surface area contributed by atoms with Gasteiger partial charge < -0.3 is 19.9 Å². The van der Waals surface area contributed by atoms with Crippen LogP contribution in [0.5, 0.6) is 0 Å². The molecule has 0 aliphatic carbocycles. The van der Waals surface area contributed by atoms with Gasteiger partial charge in [-0.1, -0.05) is 0 Å². The van der Waals surface area contributed by atoms with Crippen LogP contribution >= 0.6 is 0 Å². The second kappa shape index (κ2) is 9.94. The number of benzene rings is 1. The quantitative estimate of drug-likeness (QED) is 0.663. The minimum atomic E-state index is -0.525. The summed E-state index contributed by atoms with van der Waals surface area (Å²) in [5.41, 5.74) is 3.30. The van der Waals surface area contributed by atoms with Gasteiger partial charge in [-0.15, -0.1) is 0 Å². The molecule has 1 amide bonds. The fourth-order valence-electron chi connectivity index (χ4n) is 3.79. The van der Waals surface area contributed by atoms with Crippen molar-refractivity contribution in [3.63, 3.8) is 0 Å². The minimum absolute atomic E-state index is 0.0381. The van der Waals surface area contributed by atoms with Gasteiger partial charge in [-0.3, -0.25) is 14.4 Å². The van der Waals surface area contributed by atoms with E-state index in [9.17, 15) is 14.4 Å². The van der Waals surface area contributed by atoms with Crippen LogP contribution in [0.2, 0.25) is 0 Å². The molecule has 0 spiro atoms. The summed E-state index contributed by atoms with van der Waals surface area (Å²) in [7, 11) is 0. The highest BCUT2D eigenvalue weighted by Crippen LogP contribution is 2.22. The third-order valence-corrected chi connectivity index (χ3v) is 5.49. The van der Waals surface area contributed by atoms with Gasteiger partial charge in [0, 0.05) is 36.6 Å². The lowest BCUT2D eigenvalue weighted by Crippen LogP contribution is -2.22. The van der Waals surface area contributed by atoms with Gasteiger partial charge in [0.1, 0.15) is 11.6 Å². The van der Waals surface area contributed by atoms with Crippen LogP contribution in [0.15, 0.2) is 29.1 Å². The Morgan fingerprint density at radius 2 is 1.87 bits per heavy atom. The number of H-pyrrole nitrogens is 1. The number of hydrogen-bond acceptors (Lipinski definition) is 6. The molecule has 0 bridgehead atoms. The summed E-state index contributed by atoms with van der Waals surface area (Å²) < 4.78 is 5.07. The molecule has 8 nitrogen and oxygen atoms in total. The van der Waals surface area contributed by atoms with Crippen molar-refractivity contribution in [2.24, 2.45) is 0 Å². The molecule has 2 heterocycles. The van der Waals surface area contributed by atoms with E-state index in [1.165, 1.54) is 12.8 Å². The highest BCUT2D eigenvalue weighted by atomic mass is 16.5. The van der Waals surface area contributed by atoms with E-state index in [1.807, 2.05) is 30.3 Å². The van der Waals surface area contributed by atoms with E-state index >= 15 is 0 Å². The number of amides is 1. The van der Waals surface area contributed by atoms with Crippen molar-refractivity contribution in [1.29, 1.82) is 5.26 Å². The fraction of sp³-hybridized carbons (Fsp3) is 0.391. The van der Waals surface area contributed by atoms with E-state index in [-0.39, 0.29) is 18.6 Å². The predicted molar refractivity (Wildman–Crippen MR) is 117 cm³/mol. The van der Waals surface area contributed by atoms with Crippen LogP contribution < -0.4 is 15.8 Å². The lowest BCUT2D eigenvalue weighted by Gasteiger charge is -2.17. The van der Waals surface area contributed by atoms with Gasteiger partial charge in [0.15, 0.2) is 6.61 Å². The molecule has 1 fully saturated rings. The molecule has 1 aliphatic heterocycles. The Hall–Kier alpha value is -3.60. The summed E-state index contributed by atoms with van der Waals surface area (Å²) in [4.78, 5) is 40.9. The molecule has 2 N–H and O–H groups in total. The van der Waals surface area contributed by atoms with Crippen molar-refractivity contribution in [2.45, 2.75) is 39.5 Å². The van der Waals surface area contributed by atoms with Crippen molar-refractivity contribution in [3.05, 3.63) is 57.0 Å². The summed E-state index contributed by atoms with van der Waals surface area (Å²) in [6, 6.07) is 9.50. The number of nitriles is 1. The number of ether oxygens (including phenoxy) is 1. The molecule has 31 heavy (non-hydrogen) atoms. The van der Waals surface area contributed by atoms with Crippen molar-refractivity contribution in [3.8, 4) is 6.07 Å². The lowest BCUT2D eigenvalue weighted by molar-refractivity contribution is -0.147. The van der Waals surface area contributed by atoms with Gasteiger partial charge in [-0.05, 0) is 68.5 Å². The monoisotopic (exact) mass is 422 g/mol. The summed E-state index contributed by atoms with van der Waals surface area (Å²) in [5.74, 6) is -0.937. The number of aromatic amines is 1. The second-order valence-electron chi connectivity index (χ2n) is 7.62. The van der Waals surface area contributed by atoms with Crippen molar-refractivity contribution in [2.75, 3.05) is 29.9 Å². The fourth-order valence-corrected chi connectivity index (χ4v) is 3.79. The van der Waals surface area contributed by atoms with E-state index in [0.29, 0.717) is 23.4 Å². The first-order valence-corrected chi connectivity index (χ1v) is 10.3. The number of pyridine rings is 1. The molecule has 2 aromatic rings. The second-order valence-corrected chi connectivity index (χ2v) is 7.62. The molecule has 3 rings (SSSR count). The molecule has 1 saturated heterocycles. The number of nitrogens with one attached hydrogen (secondary N) is 2. The Balaban J connectivity index is 1.47. The molecular formula is C23H26N4O4.